The van der Waals surface area contributed by atoms with Crippen molar-refractivity contribution in [3.8, 4) is 5.75 Å². The molecule has 0 atom stereocenters. The molecule has 0 radical (unpaired) electrons. The molecule has 0 aliphatic heterocycles. The minimum atomic E-state index is -4.03. The Kier molecular flexibility index (Phi) is 6.45. The molecule has 0 aliphatic carbocycles. The third-order valence-corrected chi connectivity index (χ3v) is 8.48. The van der Waals surface area contributed by atoms with Crippen molar-refractivity contribution in [2.75, 3.05) is 18.2 Å². The summed E-state index contributed by atoms with van der Waals surface area (Å²) in [6.07, 6.45) is 0. The smallest absolute Gasteiger partial charge is 0.211 e. The lowest BCUT2D eigenvalue weighted by Gasteiger charge is -2.12. The molecule has 4 aromatic rings. The summed E-state index contributed by atoms with van der Waals surface area (Å²) >= 11 is 1.01. The van der Waals surface area contributed by atoms with Gasteiger partial charge in [-0.05, 0) is 38.1 Å². The summed E-state index contributed by atoms with van der Waals surface area (Å²) < 4.78 is 32.8. The van der Waals surface area contributed by atoms with E-state index >= 15 is 0 Å². The van der Waals surface area contributed by atoms with Gasteiger partial charge in [-0.25, -0.2) is 8.42 Å². The molecule has 0 saturated heterocycles. The van der Waals surface area contributed by atoms with Gasteiger partial charge in [0.2, 0.25) is 15.6 Å². The Morgan fingerprint density at radius 3 is 2.12 bits per heavy atom. The zero-order valence-corrected chi connectivity index (χ0v) is 20.6. The molecule has 1 aromatic heterocycles. The predicted octanol–water partition coefficient (Wildman–Crippen LogP) is 5.76. The molecule has 0 aliphatic rings. The second-order valence-electron chi connectivity index (χ2n) is 7.84. The second-order valence-corrected chi connectivity index (χ2v) is 10.7. The van der Waals surface area contributed by atoms with Gasteiger partial charge in [-0.1, -0.05) is 59.7 Å². The number of hydrogen-bond acceptors (Lipinski definition) is 7. The highest BCUT2D eigenvalue weighted by molar-refractivity contribution is 7.92. The van der Waals surface area contributed by atoms with Crippen LogP contribution in [0.1, 0.15) is 26.4 Å². The number of nitrogens with two attached hydrogens (primary N) is 1. The van der Waals surface area contributed by atoms with Crippen LogP contribution in [0.3, 0.4) is 0 Å². The Hall–Kier alpha value is -3.62. The fourth-order valence-electron chi connectivity index (χ4n) is 3.49. The number of methoxy groups -OCH3 is 1. The number of carbonyl (C=O) groups excluding carboxylic acids is 1. The average molecular weight is 493 g/mol. The van der Waals surface area contributed by atoms with Crippen molar-refractivity contribution in [3.63, 3.8) is 0 Å². The van der Waals surface area contributed by atoms with E-state index in [1.165, 1.54) is 19.2 Å². The number of carbonyl (C=O) groups is 1. The molecule has 3 aromatic carbocycles. The molecule has 0 unspecified atom stereocenters. The Morgan fingerprint density at radius 1 is 0.912 bits per heavy atom. The number of sulfone groups is 1. The topological polar surface area (TPSA) is 98.5 Å². The highest BCUT2D eigenvalue weighted by Gasteiger charge is 2.32. The molecular formula is C26H24N2O4S2. The minimum Gasteiger partial charge on any atom is -0.495 e. The van der Waals surface area contributed by atoms with E-state index in [2.05, 4.69) is 5.32 Å². The SMILES string of the molecule is COc1ccccc1Nc1sc(C(=O)c2ccc(C)cc2)c(N)c1S(=O)(=O)c1ccc(C)cc1. The summed E-state index contributed by atoms with van der Waals surface area (Å²) in [5.41, 5.74) is 9.24. The number of para-hydroxylation sites is 2. The van der Waals surface area contributed by atoms with E-state index in [0.29, 0.717) is 17.0 Å². The normalized spacial score (nSPS) is 11.3. The van der Waals surface area contributed by atoms with Crippen LogP contribution in [0, 0.1) is 13.8 Å². The van der Waals surface area contributed by atoms with Crippen LogP contribution >= 0.6 is 11.3 Å². The number of nitrogen functional groups attached to an aromatic ring is 1. The Morgan fingerprint density at radius 2 is 1.50 bits per heavy atom. The number of ketones is 1. The van der Waals surface area contributed by atoms with Crippen molar-refractivity contribution < 1.29 is 17.9 Å². The van der Waals surface area contributed by atoms with Crippen LogP contribution in [0.15, 0.2) is 82.6 Å². The average Bonchev–Trinajstić information content (AvgIpc) is 3.16. The van der Waals surface area contributed by atoms with Crippen molar-refractivity contribution >= 4 is 43.3 Å². The van der Waals surface area contributed by atoms with Crippen molar-refractivity contribution in [1.82, 2.24) is 0 Å². The lowest BCUT2D eigenvalue weighted by Crippen LogP contribution is -2.08. The lowest BCUT2D eigenvalue weighted by atomic mass is 10.1. The van der Waals surface area contributed by atoms with E-state index < -0.39 is 9.84 Å². The van der Waals surface area contributed by atoms with E-state index in [1.54, 1.807) is 42.5 Å². The third kappa shape index (κ3) is 4.42. The predicted molar refractivity (Wildman–Crippen MR) is 136 cm³/mol. The molecule has 0 spiro atoms. The molecule has 8 heteroatoms. The van der Waals surface area contributed by atoms with Gasteiger partial charge in [0.1, 0.15) is 20.5 Å². The summed E-state index contributed by atoms with van der Waals surface area (Å²) in [6.45, 7) is 3.80. The largest absolute Gasteiger partial charge is 0.495 e. The summed E-state index contributed by atoms with van der Waals surface area (Å²) in [5, 5.41) is 3.39. The van der Waals surface area contributed by atoms with Crippen molar-refractivity contribution in [1.29, 1.82) is 0 Å². The zero-order valence-electron chi connectivity index (χ0n) is 19.0. The van der Waals surface area contributed by atoms with Crippen LogP contribution in [0.2, 0.25) is 0 Å². The van der Waals surface area contributed by atoms with Crippen LogP contribution in [0.4, 0.5) is 16.4 Å². The Bertz CT molecular complexity index is 1460. The van der Waals surface area contributed by atoms with Gasteiger partial charge in [0.25, 0.3) is 0 Å². The standard InChI is InChI=1S/C26H24N2O4S2/c1-16-8-12-18(13-9-16)23(29)24-22(27)25(34(30,31)19-14-10-17(2)11-15-19)26(33-24)28-20-6-4-5-7-21(20)32-3/h4-15,28H,27H2,1-3H3. The molecule has 174 valence electrons. The fraction of sp³-hybridized carbons (Fsp3) is 0.115. The molecule has 0 bridgehead atoms. The molecule has 1 heterocycles. The summed E-state index contributed by atoms with van der Waals surface area (Å²) in [6, 6.07) is 20.7. The van der Waals surface area contributed by atoms with E-state index in [1.807, 2.05) is 32.0 Å². The van der Waals surface area contributed by atoms with Crippen LogP contribution in [0.5, 0.6) is 5.75 Å². The van der Waals surface area contributed by atoms with E-state index in [9.17, 15) is 13.2 Å². The molecule has 0 amide bonds. The number of thiophene rings is 1. The van der Waals surface area contributed by atoms with Gasteiger partial charge < -0.3 is 15.8 Å². The van der Waals surface area contributed by atoms with E-state index in [-0.39, 0.29) is 31.1 Å². The van der Waals surface area contributed by atoms with Crippen molar-refractivity contribution in [3.05, 3.63) is 94.4 Å². The van der Waals surface area contributed by atoms with Crippen LogP contribution < -0.4 is 15.8 Å². The number of nitrogens with one attached hydrogen (secondary N) is 1. The fourth-order valence-corrected chi connectivity index (χ4v) is 6.41. The first-order valence-electron chi connectivity index (χ1n) is 10.5. The van der Waals surface area contributed by atoms with Crippen molar-refractivity contribution in [2.24, 2.45) is 0 Å². The number of anilines is 3. The maximum Gasteiger partial charge on any atom is 0.211 e. The summed E-state index contributed by atoms with van der Waals surface area (Å²) in [7, 11) is -2.50. The highest BCUT2D eigenvalue weighted by Crippen LogP contribution is 2.45. The summed E-state index contributed by atoms with van der Waals surface area (Å²) in [4.78, 5) is 13.4. The van der Waals surface area contributed by atoms with Gasteiger partial charge in [0.05, 0.1) is 23.4 Å². The molecule has 0 saturated carbocycles. The van der Waals surface area contributed by atoms with Gasteiger partial charge in [0, 0.05) is 5.56 Å². The molecule has 0 fully saturated rings. The summed E-state index contributed by atoms with van der Waals surface area (Å²) in [5.74, 6) is 0.190. The number of rotatable bonds is 7. The third-order valence-electron chi connectivity index (χ3n) is 5.37. The van der Waals surface area contributed by atoms with Gasteiger partial charge in [-0.3, -0.25) is 4.79 Å². The first kappa shape index (κ1) is 23.5. The van der Waals surface area contributed by atoms with Gasteiger partial charge in [-0.15, -0.1) is 11.3 Å². The quantitative estimate of drug-likeness (QED) is 0.318. The van der Waals surface area contributed by atoms with E-state index in [4.69, 9.17) is 10.5 Å². The molecular weight excluding hydrogens is 468 g/mol. The number of ether oxygens (including phenoxy) is 1. The first-order chi connectivity index (χ1) is 16.2. The minimum absolute atomic E-state index is 0.0754. The first-order valence-corrected chi connectivity index (χ1v) is 12.8. The van der Waals surface area contributed by atoms with Gasteiger partial charge in [0.15, 0.2) is 0 Å². The maximum absolute atomic E-state index is 13.7. The van der Waals surface area contributed by atoms with Gasteiger partial charge >= 0.3 is 0 Å². The molecule has 4 rings (SSSR count). The van der Waals surface area contributed by atoms with Gasteiger partial charge in [-0.2, -0.15) is 0 Å². The molecule has 34 heavy (non-hydrogen) atoms. The maximum atomic E-state index is 13.7. The van der Waals surface area contributed by atoms with Crippen LogP contribution in [-0.4, -0.2) is 21.3 Å². The van der Waals surface area contributed by atoms with E-state index in [0.717, 1.165) is 22.5 Å². The number of benzene rings is 3. The molecule has 6 nitrogen and oxygen atoms in total. The number of aryl methyl sites for hydroxylation is 2. The lowest BCUT2D eigenvalue weighted by molar-refractivity contribution is 0.104. The van der Waals surface area contributed by atoms with Crippen LogP contribution in [0.25, 0.3) is 0 Å². The second kappa shape index (κ2) is 9.32. The van der Waals surface area contributed by atoms with Crippen molar-refractivity contribution in [2.45, 2.75) is 23.6 Å². The Balaban J connectivity index is 1.90. The Labute approximate surface area is 202 Å². The molecule has 3 N–H and O–H groups in total. The highest BCUT2D eigenvalue weighted by atomic mass is 32.2. The monoisotopic (exact) mass is 492 g/mol. The van der Waals surface area contributed by atoms with Crippen LogP contribution in [-0.2, 0) is 9.84 Å². The number of hydrogen-bond donors (Lipinski definition) is 2. The zero-order chi connectivity index (χ0) is 24.5.